The predicted molar refractivity (Wildman–Crippen MR) is 87.1 cm³/mol. The first-order valence-corrected chi connectivity index (χ1v) is 9.02. The van der Waals surface area contributed by atoms with Crippen molar-refractivity contribution in [2.75, 3.05) is 6.61 Å². The number of unbranched alkanes of at least 4 members (excludes halogenated alkanes) is 1. The molecule has 1 fully saturated rings. The van der Waals surface area contributed by atoms with Crippen LogP contribution in [-0.2, 0) is 17.9 Å². The minimum atomic E-state index is 0.742. The van der Waals surface area contributed by atoms with E-state index in [-0.39, 0.29) is 0 Å². The van der Waals surface area contributed by atoms with Crippen molar-refractivity contribution in [1.29, 1.82) is 0 Å². The maximum Gasteiger partial charge on any atom is 0.0809 e. The van der Waals surface area contributed by atoms with Gasteiger partial charge in [0.25, 0.3) is 0 Å². The van der Waals surface area contributed by atoms with Crippen LogP contribution >= 0.6 is 11.3 Å². The van der Waals surface area contributed by atoms with Gasteiger partial charge in [0, 0.05) is 28.9 Å². The van der Waals surface area contributed by atoms with Crippen molar-refractivity contribution in [3.63, 3.8) is 0 Å². The van der Waals surface area contributed by atoms with Gasteiger partial charge in [-0.2, -0.15) is 0 Å². The van der Waals surface area contributed by atoms with Gasteiger partial charge in [-0.25, -0.2) is 0 Å². The van der Waals surface area contributed by atoms with E-state index in [1.807, 2.05) is 11.3 Å². The van der Waals surface area contributed by atoms with Gasteiger partial charge in [0.2, 0.25) is 0 Å². The van der Waals surface area contributed by atoms with Gasteiger partial charge < -0.3 is 10.1 Å². The van der Waals surface area contributed by atoms with Crippen molar-refractivity contribution < 1.29 is 4.74 Å². The molecule has 1 aromatic rings. The minimum absolute atomic E-state index is 0.742. The van der Waals surface area contributed by atoms with Crippen LogP contribution in [0.5, 0.6) is 0 Å². The first-order chi connectivity index (χ1) is 9.81. The normalized spacial score (nSPS) is 16.5. The molecule has 2 nitrogen and oxygen atoms in total. The molecule has 114 valence electrons. The molecule has 0 aromatic carbocycles. The number of thiophene rings is 1. The zero-order chi connectivity index (χ0) is 14.2. The Morgan fingerprint density at radius 1 is 1.30 bits per heavy atom. The van der Waals surface area contributed by atoms with Crippen molar-refractivity contribution in [3.8, 4) is 0 Å². The smallest absolute Gasteiger partial charge is 0.0809 e. The number of nitrogens with one attached hydrogen (secondary N) is 1. The van der Waals surface area contributed by atoms with Crippen LogP contribution in [0.25, 0.3) is 0 Å². The lowest BCUT2D eigenvalue weighted by atomic mass is 10.0. The second-order valence-corrected chi connectivity index (χ2v) is 7.21. The van der Waals surface area contributed by atoms with E-state index in [1.165, 1.54) is 48.3 Å². The first-order valence-electron chi connectivity index (χ1n) is 8.20. The van der Waals surface area contributed by atoms with Crippen molar-refractivity contribution in [2.24, 2.45) is 5.92 Å². The molecule has 0 radical (unpaired) electrons. The predicted octanol–water partition coefficient (Wildman–Crippen LogP) is 4.73. The molecular weight excluding hydrogens is 266 g/mol. The molecule has 1 N–H and O–H groups in total. The van der Waals surface area contributed by atoms with E-state index in [1.54, 1.807) is 0 Å². The van der Waals surface area contributed by atoms with Gasteiger partial charge in [0.15, 0.2) is 0 Å². The Bertz CT molecular complexity index is 373. The van der Waals surface area contributed by atoms with E-state index in [2.05, 4.69) is 31.3 Å². The summed E-state index contributed by atoms with van der Waals surface area (Å²) in [6.45, 7) is 7.27. The van der Waals surface area contributed by atoms with E-state index in [9.17, 15) is 0 Å². The Morgan fingerprint density at radius 3 is 2.80 bits per heavy atom. The average Bonchev–Trinajstić information content (AvgIpc) is 3.19. The molecule has 0 spiro atoms. The van der Waals surface area contributed by atoms with E-state index in [0.29, 0.717) is 0 Å². The molecule has 1 heterocycles. The molecule has 1 aliphatic rings. The molecule has 20 heavy (non-hydrogen) atoms. The van der Waals surface area contributed by atoms with Crippen LogP contribution in [0, 0.1) is 5.92 Å². The molecule has 1 saturated carbocycles. The highest BCUT2D eigenvalue weighted by atomic mass is 32.1. The molecule has 0 bridgehead atoms. The highest BCUT2D eigenvalue weighted by Gasteiger charge is 2.20. The zero-order valence-corrected chi connectivity index (χ0v) is 13.8. The molecule has 1 unspecified atom stereocenters. The van der Waals surface area contributed by atoms with E-state index in [4.69, 9.17) is 4.74 Å². The van der Waals surface area contributed by atoms with E-state index < -0.39 is 0 Å². The molecule has 1 atom stereocenters. The molecule has 1 aromatic heterocycles. The fourth-order valence-electron chi connectivity index (χ4n) is 2.35. The van der Waals surface area contributed by atoms with Gasteiger partial charge in [0.1, 0.15) is 0 Å². The summed E-state index contributed by atoms with van der Waals surface area (Å²) in [7, 11) is 0. The lowest BCUT2D eigenvalue weighted by Gasteiger charge is -2.14. The third-order valence-corrected chi connectivity index (χ3v) is 5.06. The topological polar surface area (TPSA) is 21.3 Å². The summed E-state index contributed by atoms with van der Waals surface area (Å²) in [6.07, 6.45) is 7.89. The summed E-state index contributed by atoms with van der Waals surface area (Å²) in [5.74, 6) is 0.742. The van der Waals surface area contributed by atoms with Crippen LogP contribution in [0.1, 0.15) is 62.1 Å². The quantitative estimate of drug-likeness (QED) is 0.637. The number of hydrogen-bond donors (Lipinski definition) is 1. The van der Waals surface area contributed by atoms with E-state index >= 15 is 0 Å². The zero-order valence-electron chi connectivity index (χ0n) is 13.0. The summed E-state index contributed by atoms with van der Waals surface area (Å²) >= 11 is 1.89. The first kappa shape index (κ1) is 16.0. The van der Waals surface area contributed by atoms with Crippen LogP contribution in [0.4, 0.5) is 0 Å². The third-order valence-electron chi connectivity index (χ3n) is 4.00. The number of ether oxygens (including phenoxy) is 1. The largest absolute Gasteiger partial charge is 0.376 e. The molecule has 1 aliphatic carbocycles. The monoisotopic (exact) mass is 295 g/mol. The minimum Gasteiger partial charge on any atom is -0.376 e. The SMILES string of the molecule is CCCCC(CC)COCc1ccc(CNC2CC2)s1. The number of rotatable bonds is 11. The number of hydrogen-bond acceptors (Lipinski definition) is 3. The van der Waals surface area contributed by atoms with Crippen molar-refractivity contribution >= 4 is 11.3 Å². The van der Waals surface area contributed by atoms with Crippen LogP contribution < -0.4 is 5.32 Å². The third kappa shape index (κ3) is 5.94. The fourth-order valence-corrected chi connectivity index (χ4v) is 3.26. The van der Waals surface area contributed by atoms with Gasteiger partial charge in [-0.15, -0.1) is 11.3 Å². The molecule has 2 rings (SSSR count). The van der Waals surface area contributed by atoms with Crippen molar-refractivity contribution in [3.05, 3.63) is 21.9 Å². The Morgan fingerprint density at radius 2 is 2.10 bits per heavy atom. The molecule has 0 aliphatic heterocycles. The highest BCUT2D eigenvalue weighted by Crippen LogP contribution is 2.22. The van der Waals surface area contributed by atoms with Crippen LogP contribution in [0.15, 0.2) is 12.1 Å². The van der Waals surface area contributed by atoms with Gasteiger partial charge in [-0.05, 0) is 37.3 Å². The molecular formula is C17H29NOS. The maximum atomic E-state index is 5.91. The van der Waals surface area contributed by atoms with Crippen LogP contribution in [-0.4, -0.2) is 12.6 Å². The summed E-state index contributed by atoms with van der Waals surface area (Å²) in [4.78, 5) is 2.80. The Kier molecular flexibility index (Phi) is 7.05. The maximum absolute atomic E-state index is 5.91. The standard InChI is InChI=1S/C17H29NOS/c1-3-5-6-14(4-2)12-19-13-17-10-9-16(20-17)11-18-15-7-8-15/h9-10,14-15,18H,3-8,11-13H2,1-2H3. The van der Waals surface area contributed by atoms with Crippen LogP contribution in [0.2, 0.25) is 0 Å². The summed E-state index contributed by atoms with van der Waals surface area (Å²) < 4.78 is 5.91. The Labute approximate surface area is 127 Å². The Hall–Kier alpha value is -0.380. The molecule has 0 amide bonds. The van der Waals surface area contributed by atoms with Gasteiger partial charge in [-0.1, -0.05) is 33.1 Å². The van der Waals surface area contributed by atoms with Gasteiger partial charge >= 0.3 is 0 Å². The average molecular weight is 295 g/mol. The second-order valence-electron chi connectivity index (χ2n) is 5.95. The van der Waals surface area contributed by atoms with Crippen molar-refractivity contribution in [1.82, 2.24) is 5.32 Å². The lowest BCUT2D eigenvalue weighted by molar-refractivity contribution is 0.0836. The molecule has 3 heteroatoms. The van der Waals surface area contributed by atoms with Crippen LogP contribution in [0.3, 0.4) is 0 Å². The second kappa shape index (κ2) is 8.81. The fraction of sp³-hybridized carbons (Fsp3) is 0.765. The Balaban J connectivity index is 1.62. The van der Waals surface area contributed by atoms with E-state index in [0.717, 1.165) is 31.7 Å². The summed E-state index contributed by atoms with van der Waals surface area (Å²) in [5, 5.41) is 3.56. The molecule has 0 saturated heterocycles. The highest BCUT2D eigenvalue weighted by molar-refractivity contribution is 7.11. The van der Waals surface area contributed by atoms with Gasteiger partial charge in [0.05, 0.1) is 6.61 Å². The van der Waals surface area contributed by atoms with Gasteiger partial charge in [-0.3, -0.25) is 0 Å². The summed E-state index contributed by atoms with van der Waals surface area (Å²) in [5.41, 5.74) is 0. The summed E-state index contributed by atoms with van der Waals surface area (Å²) in [6, 6.07) is 5.26. The van der Waals surface area contributed by atoms with Crippen molar-refractivity contribution in [2.45, 2.75) is 71.6 Å². The lowest BCUT2D eigenvalue weighted by Crippen LogP contribution is -2.14.